The Labute approximate surface area is 137 Å². The lowest BCUT2D eigenvalue weighted by Crippen LogP contribution is -2.28. The van der Waals surface area contributed by atoms with Crippen LogP contribution in [0.3, 0.4) is 0 Å². The molecule has 0 aromatic heterocycles. The highest BCUT2D eigenvalue weighted by molar-refractivity contribution is 5.89. The summed E-state index contributed by atoms with van der Waals surface area (Å²) in [5.41, 5.74) is 3.05. The summed E-state index contributed by atoms with van der Waals surface area (Å²) >= 11 is 0. The number of anilines is 1. The lowest BCUT2D eigenvalue weighted by molar-refractivity contribution is 0.251. The Balaban J connectivity index is 1.92. The first-order valence-electron chi connectivity index (χ1n) is 7.67. The first kappa shape index (κ1) is 16.9. The van der Waals surface area contributed by atoms with Crippen LogP contribution >= 0.6 is 0 Å². The third kappa shape index (κ3) is 4.74. The number of para-hydroxylation sites is 1. The van der Waals surface area contributed by atoms with Gasteiger partial charge in [0.2, 0.25) is 0 Å². The summed E-state index contributed by atoms with van der Waals surface area (Å²) in [5.74, 6) is 0.766. The molecule has 0 aliphatic carbocycles. The standard InChI is InChI=1S/C19H24N2O2/c1-19(2,3)15-9-11-16(12-10-15)21-18(22)20-13-14-7-5-6-8-17(14)23-4/h5-12H,13H2,1-4H3,(H2,20,21,22). The van der Waals surface area contributed by atoms with Crippen molar-refractivity contribution < 1.29 is 9.53 Å². The van der Waals surface area contributed by atoms with Gasteiger partial charge in [-0.25, -0.2) is 4.79 Å². The minimum atomic E-state index is -0.237. The molecule has 122 valence electrons. The molecule has 2 amide bonds. The molecule has 2 N–H and O–H groups in total. The average Bonchev–Trinajstić information content (AvgIpc) is 2.53. The Morgan fingerprint density at radius 1 is 1.04 bits per heavy atom. The van der Waals surface area contributed by atoms with Crippen LogP contribution < -0.4 is 15.4 Å². The van der Waals surface area contributed by atoms with Crippen LogP contribution in [0.4, 0.5) is 10.5 Å². The van der Waals surface area contributed by atoms with Crippen molar-refractivity contribution in [3.63, 3.8) is 0 Å². The molecule has 0 saturated carbocycles. The van der Waals surface area contributed by atoms with E-state index in [4.69, 9.17) is 4.74 Å². The predicted octanol–water partition coefficient (Wildman–Crippen LogP) is 4.31. The highest BCUT2D eigenvalue weighted by atomic mass is 16.5. The number of benzene rings is 2. The van der Waals surface area contributed by atoms with Gasteiger partial charge in [-0.2, -0.15) is 0 Å². The monoisotopic (exact) mass is 312 g/mol. The largest absolute Gasteiger partial charge is 0.496 e. The molecule has 23 heavy (non-hydrogen) atoms. The van der Waals surface area contributed by atoms with Crippen molar-refractivity contribution in [2.45, 2.75) is 32.7 Å². The minimum Gasteiger partial charge on any atom is -0.496 e. The number of hydrogen-bond donors (Lipinski definition) is 2. The summed E-state index contributed by atoms with van der Waals surface area (Å²) in [5, 5.41) is 5.67. The Bertz CT molecular complexity index is 658. The van der Waals surface area contributed by atoms with Crippen molar-refractivity contribution in [3.05, 3.63) is 59.7 Å². The number of amides is 2. The highest BCUT2D eigenvalue weighted by Crippen LogP contribution is 2.23. The zero-order valence-corrected chi connectivity index (χ0v) is 14.1. The summed E-state index contributed by atoms with van der Waals surface area (Å²) in [7, 11) is 1.62. The maximum atomic E-state index is 12.0. The summed E-state index contributed by atoms with van der Waals surface area (Å²) < 4.78 is 5.27. The van der Waals surface area contributed by atoms with E-state index in [1.165, 1.54) is 5.56 Å². The first-order valence-corrected chi connectivity index (χ1v) is 7.67. The highest BCUT2D eigenvalue weighted by Gasteiger charge is 2.13. The second kappa shape index (κ2) is 7.18. The number of rotatable bonds is 4. The van der Waals surface area contributed by atoms with Crippen LogP contribution in [0.2, 0.25) is 0 Å². The summed E-state index contributed by atoms with van der Waals surface area (Å²) in [4.78, 5) is 12.0. The van der Waals surface area contributed by atoms with Gasteiger partial charge >= 0.3 is 6.03 Å². The van der Waals surface area contributed by atoms with Crippen LogP contribution in [0.25, 0.3) is 0 Å². The number of ether oxygens (including phenoxy) is 1. The number of carbonyl (C=O) groups excluding carboxylic acids is 1. The van der Waals surface area contributed by atoms with Gasteiger partial charge in [0.05, 0.1) is 7.11 Å². The molecule has 0 saturated heterocycles. The second-order valence-electron chi connectivity index (χ2n) is 6.45. The molecular weight excluding hydrogens is 288 g/mol. The molecule has 4 heteroatoms. The van der Waals surface area contributed by atoms with E-state index in [2.05, 4.69) is 31.4 Å². The molecule has 0 bridgehead atoms. The topological polar surface area (TPSA) is 50.4 Å². The van der Waals surface area contributed by atoms with Gasteiger partial charge in [-0.1, -0.05) is 51.1 Å². The fraction of sp³-hybridized carbons (Fsp3) is 0.316. The maximum Gasteiger partial charge on any atom is 0.319 e. The zero-order chi connectivity index (χ0) is 16.9. The van der Waals surface area contributed by atoms with E-state index < -0.39 is 0 Å². The van der Waals surface area contributed by atoms with Crippen LogP contribution in [-0.2, 0) is 12.0 Å². The molecule has 0 radical (unpaired) electrons. The van der Waals surface area contributed by atoms with Gasteiger partial charge in [-0.05, 0) is 29.2 Å². The molecule has 0 spiro atoms. The summed E-state index contributed by atoms with van der Waals surface area (Å²) in [6.07, 6.45) is 0. The minimum absolute atomic E-state index is 0.102. The number of nitrogens with one attached hydrogen (secondary N) is 2. The van der Waals surface area contributed by atoms with Crippen molar-refractivity contribution in [2.75, 3.05) is 12.4 Å². The Morgan fingerprint density at radius 2 is 1.70 bits per heavy atom. The third-order valence-electron chi connectivity index (χ3n) is 3.64. The third-order valence-corrected chi connectivity index (χ3v) is 3.64. The number of urea groups is 1. The van der Waals surface area contributed by atoms with Gasteiger partial charge in [0.15, 0.2) is 0 Å². The van der Waals surface area contributed by atoms with Crippen LogP contribution in [0.15, 0.2) is 48.5 Å². The number of carbonyl (C=O) groups is 1. The van der Waals surface area contributed by atoms with Crippen molar-refractivity contribution >= 4 is 11.7 Å². The first-order chi connectivity index (χ1) is 10.9. The van der Waals surface area contributed by atoms with E-state index in [1.54, 1.807) is 7.11 Å². The molecule has 2 rings (SSSR count). The van der Waals surface area contributed by atoms with E-state index >= 15 is 0 Å². The van der Waals surface area contributed by atoms with Gasteiger partial charge in [0.25, 0.3) is 0 Å². The molecule has 4 nitrogen and oxygen atoms in total. The molecule has 0 aliphatic heterocycles. The Morgan fingerprint density at radius 3 is 2.30 bits per heavy atom. The fourth-order valence-corrected chi connectivity index (χ4v) is 2.25. The molecule has 0 atom stereocenters. The van der Waals surface area contributed by atoms with Crippen molar-refractivity contribution in [1.29, 1.82) is 0 Å². The van der Waals surface area contributed by atoms with Gasteiger partial charge in [-0.15, -0.1) is 0 Å². The zero-order valence-electron chi connectivity index (χ0n) is 14.1. The van der Waals surface area contributed by atoms with Crippen LogP contribution in [0.5, 0.6) is 5.75 Å². The maximum absolute atomic E-state index is 12.0. The summed E-state index contributed by atoms with van der Waals surface area (Å²) in [6, 6.07) is 15.3. The van der Waals surface area contributed by atoms with Crippen LogP contribution in [-0.4, -0.2) is 13.1 Å². The normalized spacial score (nSPS) is 11.0. The number of hydrogen-bond acceptors (Lipinski definition) is 2. The quantitative estimate of drug-likeness (QED) is 0.883. The molecule has 0 unspecified atom stereocenters. The van der Waals surface area contributed by atoms with Crippen LogP contribution in [0, 0.1) is 0 Å². The van der Waals surface area contributed by atoms with E-state index in [0.29, 0.717) is 6.54 Å². The lowest BCUT2D eigenvalue weighted by atomic mass is 9.87. The SMILES string of the molecule is COc1ccccc1CNC(=O)Nc1ccc(C(C)(C)C)cc1. The Hall–Kier alpha value is -2.49. The predicted molar refractivity (Wildman–Crippen MR) is 94.0 cm³/mol. The van der Waals surface area contributed by atoms with Crippen LogP contribution in [0.1, 0.15) is 31.9 Å². The molecule has 0 fully saturated rings. The molecule has 0 heterocycles. The van der Waals surface area contributed by atoms with E-state index in [1.807, 2.05) is 48.5 Å². The van der Waals surface area contributed by atoms with E-state index in [-0.39, 0.29) is 11.4 Å². The van der Waals surface area contributed by atoms with Crippen molar-refractivity contribution in [3.8, 4) is 5.75 Å². The van der Waals surface area contributed by atoms with Crippen molar-refractivity contribution in [2.24, 2.45) is 0 Å². The average molecular weight is 312 g/mol. The Kier molecular flexibility index (Phi) is 5.27. The van der Waals surface area contributed by atoms with Gasteiger partial charge < -0.3 is 15.4 Å². The van der Waals surface area contributed by atoms with Crippen molar-refractivity contribution in [1.82, 2.24) is 5.32 Å². The summed E-state index contributed by atoms with van der Waals surface area (Å²) in [6.45, 7) is 6.90. The second-order valence-corrected chi connectivity index (χ2v) is 6.45. The molecule has 2 aromatic carbocycles. The molecule has 0 aliphatic rings. The fourth-order valence-electron chi connectivity index (χ4n) is 2.25. The van der Waals surface area contributed by atoms with E-state index in [0.717, 1.165) is 17.0 Å². The lowest BCUT2D eigenvalue weighted by Gasteiger charge is -2.19. The van der Waals surface area contributed by atoms with Gasteiger partial charge in [0, 0.05) is 17.8 Å². The number of methoxy groups -OCH3 is 1. The van der Waals surface area contributed by atoms with Gasteiger partial charge in [-0.3, -0.25) is 0 Å². The van der Waals surface area contributed by atoms with E-state index in [9.17, 15) is 4.79 Å². The molecule has 2 aromatic rings. The smallest absolute Gasteiger partial charge is 0.319 e. The van der Waals surface area contributed by atoms with Gasteiger partial charge in [0.1, 0.15) is 5.75 Å². The molecular formula is C19H24N2O2.